The van der Waals surface area contributed by atoms with E-state index in [0.29, 0.717) is 11.7 Å². The maximum absolute atomic E-state index is 11.8. The van der Waals surface area contributed by atoms with Crippen molar-refractivity contribution in [1.29, 1.82) is 0 Å². The largest absolute Gasteiger partial charge is 0.355 e. The number of hydrogen-bond donors (Lipinski definition) is 2. The molecular weight excluding hydrogens is 286 g/mol. The van der Waals surface area contributed by atoms with Crippen molar-refractivity contribution in [2.75, 3.05) is 12.3 Å². The van der Waals surface area contributed by atoms with Gasteiger partial charge in [-0.05, 0) is 11.5 Å². The van der Waals surface area contributed by atoms with Crippen molar-refractivity contribution >= 4 is 17.7 Å². The molecule has 0 unspecified atom stereocenters. The van der Waals surface area contributed by atoms with Gasteiger partial charge in [-0.25, -0.2) is 4.98 Å². The molecule has 2 N–H and O–H groups in total. The lowest BCUT2D eigenvalue weighted by Gasteiger charge is -2.12. The number of aromatic amines is 1. The second-order valence-electron chi connectivity index (χ2n) is 4.64. The van der Waals surface area contributed by atoms with E-state index in [2.05, 4.69) is 22.2 Å². The predicted molar refractivity (Wildman–Crippen MR) is 83.4 cm³/mol. The number of carbonyl (C=O) groups excluding carboxylic acids is 1. The number of benzene rings is 1. The molecular formula is C15H17N3O2S. The number of hydrogen-bond acceptors (Lipinski definition) is 4. The molecule has 1 aromatic heterocycles. The number of H-pyrrole nitrogens is 1. The average molecular weight is 303 g/mol. The molecule has 6 heteroatoms. The number of carbonyl (C=O) groups is 1. The van der Waals surface area contributed by atoms with Crippen LogP contribution in [-0.4, -0.2) is 28.2 Å². The third kappa shape index (κ3) is 5.07. The van der Waals surface area contributed by atoms with Crippen molar-refractivity contribution in [1.82, 2.24) is 15.3 Å². The molecule has 0 aliphatic rings. The van der Waals surface area contributed by atoms with E-state index in [9.17, 15) is 9.59 Å². The molecule has 1 aromatic carbocycles. The van der Waals surface area contributed by atoms with Gasteiger partial charge in [-0.3, -0.25) is 9.59 Å². The Kier molecular flexibility index (Phi) is 5.57. The Hall–Kier alpha value is -2.08. The Labute approximate surface area is 127 Å². The molecule has 2 aromatic rings. The molecule has 5 nitrogen and oxygen atoms in total. The van der Waals surface area contributed by atoms with Crippen molar-refractivity contribution in [3.05, 3.63) is 58.5 Å². The minimum atomic E-state index is -0.217. The Balaban J connectivity index is 1.76. The lowest BCUT2D eigenvalue weighted by Crippen LogP contribution is -2.29. The van der Waals surface area contributed by atoms with Crippen molar-refractivity contribution in [3.63, 3.8) is 0 Å². The highest BCUT2D eigenvalue weighted by Gasteiger charge is 2.08. The minimum absolute atomic E-state index is 0.0747. The second kappa shape index (κ2) is 7.64. The summed E-state index contributed by atoms with van der Waals surface area (Å²) in [7, 11) is 0. The van der Waals surface area contributed by atoms with E-state index in [4.69, 9.17) is 0 Å². The van der Waals surface area contributed by atoms with Crippen LogP contribution in [-0.2, 0) is 4.79 Å². The smallest absolute Gasteiger partial charge is 0.251 e. The summed E-state index contributed by atoms with van der Waals surface area (Å²) in [5.74, 6) is 0.415. The monoisotopic (exact) mass is 303 g/mol. The molecule has 0 saturated carbocycles. The Bertz CT molecular complexity index is 643. The van der Waals surface area contributed by atoms with Gasteiger partial charge < -0.3 is 10.3 Å². The van der Waals surface area contributed by atoms with Gasteiger partial charge >= 0.3 is 0 Å². The number of aromatic nitrogens is 2. The van der Waals surface area contributed by atoms with E-state index in [1.54, 1.807) is 0 Å². The quantitative estimate of drug-likeness (QED) is 0.630. The molecule has 1 heterocycles. The van der Waals surface area contributed by atoms with Gasteiger partial charge in [0, 0.05) is 18.8 Å². The van der Waals surface area contributed by atoms with E-state index in [-0.39, 0.29) is 23.1 Å². The lowest BCUT2D eigenvalue weighted by atomic mass is 10.0. The van der Waals surface area contributed by atoms with Gasteiger partial charge in [-0.15, -0.1) is 0 Å². The molecule has 0 aliphatic heterocycles. The maximum atomic E-state index is 11.8. The topological polar surface area (TPSA) is 74.8 Å². The molecule has 1 atom stereocenters. The highest BCUT2D eigenvalue weighted by molar-refractivity contribution is 7.99. The van der Waals surface area contributed by atoms with Crippen LogP contribution in [0.4, 0.5) is 0 Å². The van der Waals surface area contributed by atoms with E-state index in [1.165, 1.54) is 29.6 Å². The summed E-state index contributed by atoms with van der Waals surface area (Å²) in [5, 5.41) is 3.34. The van der Waals surface area contributed by atoms with Gasteiger partial charge in [-0.1, -0.05) is 49.0 Å². The number of thioether (sulfide) groups is 1. The van der Waals surface area contributed by atoms with E-state index < -0.39 is 0 Å². The highest BCUT2D eigenvalue weighted by Crippen LogP contribution is 2.13. The SMILES string of the molecule is C[C@H](CNC(=O)CSc1nccc(=O)[nH]1)c1ccccc1. The van der Waals surface area contributed by atoms with Crippen molar-refractivity contribution in [3.8, 4) is 0 Å². The Morgan fingerprint density at radius 3 is 2.81 bits per heavy atom. The van der Waals surface area contributed by atoms with E-state index >= 15 is 0 Å². The standard InChI is InChI=1S/C15H17N3O2S/c1-11(12-5-3-2-4-6-12)9-17-14(20)10-21-15-16-8-7-13(19)18-15/h2-8,11H,9-10H2,1H3,(H,17,20)(H,16,18,19)/t11-/m1/s1. The number of rotatable bonds is 6. The van der Waals surface area contributed by atoms with Gasteiger partial charge in [0.2, 0.25) is 5.91 Å². The van der Waals surface area contributed by atoms with Crippen LogP contribution in [0.3, 0.4) is 0 Å². The summed E-state index contributed by atoms with van der Waals surface area (Å²) in [5.41, 5.74) is 0.977. The van der Waals surface area contributed by atoms with Gasteiger partial charge in [0.25, 0.3) is 5.56 Å². The van der Waals surface area contributed by atoms with Crippen LogP contribution >= 0.6 is 11.8 Å². The first kappa shape index (κ1) is 15.3. The number of nitrogens with one attached hydrogen (secondary N) is 2. The lowest BCUT2D eigenvalue weighted by molar-refractivity contribution is -0.118. The zero-order chi connectivity index (χ0) is 15.1. The molecule has 0 radical (unpaired) electrons. The van der Waals surface area contributed by atoms with E-state index in [1.807, 2.05) is 30.3 Å². The molecule has 0 spiro atoms. The van der Waals surface area contributed by atoms with Gasteiger partial charge in [-0.2, -0.15) is 0 Å². The fourth-order valence-corrected chi connectivity index (χ4v) is 2.45. The Morgan fingerprint density at radius 1 is 1.33 bits per heavy atom. The predicted octanol–water partition coefficient (Wildman–Crippen LogP) is 1.78. The van der Waals surface area contributed by atoms with Crippen LogP contribution < -0.4 is 10.9 Å². The maximum Gasteiger partial charge on any atom is 0.251 e. The van der Waals surface area contributed by atoms with Crippen LogP contribution in [0.1, 0.15) is 18.4 Å². The molecule has 0 saturated heterocycles. The molecule has 2 rings (SSSR count). The van der Waals surface area contributed by atoms with Gasteiger partial charge in [0.1, 0.15) is 0 Å². The Morgan fingerprint density at radius 2 is 2.10 bits per heavy atom. The van der Waals surface area contributed by atoms with Crippen LogP contribution in [0.5, 0.6) is 0 Å². The second-order valence-corrected chi connectivity index (χ2v) is 5.61. The van der Waals surface area contributed by atoms with Crippen LogP contribution in [0.2, 0.25) is 0 Å². The zero-order valence-corrected chi connectivity index (χ0v) is 12.5. The van der Waals surface area contributed by atoms with E-state index in [0.717, 1.165) is 0 Å². The first-order chi connectivity index (χ1) is 10.1. The van der Waals surface area contributed by atoms with Crippen molar-refractivity contribution in [2.45, 2.75) is 18.0 Å². The molecule has 0 fully saturated rings. The molecule has 1 amide bonds. The zero-order valence-electron chi connectivity index (χ0n) is 11.7. The summed E-state index contributed by atoms with van der Waals surface area (Å²) in [6.45, 7) is 2.65. The number of nitrogens with zero attached hydrogens (tertiary/aromatic N) is 1. The van der Waals surface area contributed by atoms with Crippen LogP contribution in [0.25, 0.3) is 0 Å². The van der Waals surface area contributed by atoms with Crippen LogP contribution in [0.15, 0.2) is 52.5 Å². The first-order valence-corrected chi connectivity index (χ1v) is 7.63. The summed E-state index contributed by atoms with van der Waals surface area (Å²) in [4.78, 5) is 29.4. The third-order valence-corrected chi connectivity index (χ3v) is 3.85. The van der Waals surface area contributed by atoms with Crippen molar-refractivity contribution < 1.29 is 4.79 Å². The average Bonchev–Trinajstić information content (AvgIpc) is 2.51. The summed E-state index contributed by atoms with van der Waals surface area (Å²) in [6.07, 6.45) is 1.43. The molecule has 110 valence electrons. The van der Waals surface area contributed by atoms with Gasteiger partial charge in [0.05, 0.1) is 5.75 Å². The first-order valence-electron chi connectivity index (χ1n) is 6.65. The molecule has 21 heavy (non-hydrogen) atoms. The third-order valence-electron chi connectivity index (χ3n) is 2.96. The molecule has 0 aliphatic carbocycles. The normalized spacial score (nSPS) is 11.9. The van der Waals surface area contributed by atoms with Crippen LogP contribution in [0, 0.1) is 0 Å². The fraction of sp³-hybridized carbons (Fsp3) is 0.267. The highest BCUT2D eigenvalue weighted by atomic mass is 32.2. The summed E-state index contributed by atoms with van der Waals surface area (Å²) in [6, 6.07) is 11.4. The molecule has 0 bridgehead atoms. The summed E-state index contributed by atoms with van der Waals surface area (Å²) >= 11 is 1.21. The van der Waals surface area contributed by atoms with Crippen molar-refractivity contribution in [2.24, 2.45) is 0 Å². The summed E-state index contributed by atoms with van der Waals surface area (Å²) < 4.78 is 0. The van der Waals surface area contributed by atoms with Gasteiger partial charge in [0.15, 0.2) is 5.16 Å². The number of amides is 1. The fourth-order valence-electron chi connectivity index (χ4n) is 1.78. The minimum Gasteiger partial charge on any atom is -0.355 e.